The topological polar surface area (TPSA) is 108 Å². The molecule has 32 heavy (non-hydrogen) atoms. The zero-order valence-electron chi connectivity index (χ0n) is 17.3. The number of nitrogens with one attached hydrogen (secondary N) is 1. The largest absolute Gasteiger partial charge is 0.484 e. The van der Waals surface area contributed by atoms with E-state index in [0.29, 0.717) is 42.5 Å². The van der Waals surface area contributed by atoms with E-state index in [1.54, 1.807) is 43.7 Å². The molecule has 0 aliphatic carbocycles. The molecule has 0 bridgehead atoms. The second kappa shape index (κ2) is 11.0. The maximum Gasteiger partial charge on any atom is 0.350 e. The van der Waals surface area contributed by atoms with Crippen LogP contribution >= 0.6 is 46.3 Å². The summed E-state index contributed by atoms with van der Waals surface area (Å²) in [5.74, 6) is 0.339. The lowest BCUT2D eigenvalue weighted by Gasteiger charge is -2.08. The Hall–Kier alpha value is -2.34. The maximum atomic E-state index is 12.3. The Morgan fingerprint density at radius 1 is 1.28 bits per heavy atom. The second-order valence-electron chi connectivity index (χ2n) is 6.31. The molecular formula is C19H19Cl2N5O4S2. The fraction of sp³-hybridized carbons (Fsp3) is 0.316. The number of halogens is 2. The van der Waals surface area contributed by atoms with E-state index in [1.165, 1.54) is 11.8 Å². The fourth-order valence-electron chi connectivity index (χ4n) is 2.45. The number of carbonyl (C=O) groups excluding carboxylic acids is 2. The van der Waals surface area contributed by atoms with Crippen molar-refractivity contribution < 1.29 is 19.1 Å². The summed E-state index contributed by atoms with van der Waals surface area (Å²) in [5.41, 5.74) is 0.508. The van der Waals surface area contributed by atoms with Gasteiger partial charge in [0.15, 0.2) is 16.1 Å². The first-order chi connectivity index (χ1) is 15.3. The summed E-state index contributed by atoms with van der Waals surface area (Å²) in [6.07, 6.45) is 0. The summed E-state index contributed by atoms with van der Waals surface area (Å²) < 4.78 is 12.4. The van der Waals surface area contributed by atoms with Crippen LogP contribution < -0.4 is 10.1 Å². The molecule has 2 heterocycles. The number of aryl methyl sites for hydroxylation is 1. The van der Waals surface area contributed by atoms with Crippen LogP contribution in [0.15, 0.2) is 23.4 Å². The minimum Gasteiger partial charge on any atom is -0.484 e. The summed E-state index contributed by atoms with van der Waals surface area (Å²) in [5, 5.41) is 12.7. The third-order valence-corrected chi connectivity index (χ3v) is 6.63. The molecule has 1 amide bonds. The first-order valence-electron chi connectivity index (χ1n) is 9.31. The van der Waals surface area contributed by atoms with Gasteiger partial charge in [0.1, 0.15) is 17.2 Å². The number of thioether (sulfide) groups is 1. The first-order valence-corrected chi connectivity index (χ1v) is 11.9. The van der Waals surface area contributed by atoms with E-state index in [4.69, 9.17) is 32.7 Å². The highest BCUT2D eigenvalue weighted by atomic mass is 35.5. The predicted molar refractivity (Wildman–Crippen MR) is 124 cm³/mol. The molecule has 2 aromatic heterocycles. The third kappa shape index (κ3) is 6.12. The van der Waals surface area contributed by atoms with Crippen molar-refractivity contribution in [3.05, 3.63) is 44.6 Å². The smallest absolute Gasteiger partial charge is 0.350 e. The molecule has 3 rings (SSSR count). The van der Waals surface area contributed by atoms with Gasteiger partial charge in [0, 0.05) is 18.1 Å². The lowest BCUT2D eigenvalue weighted by Crippen LogP contribution is -2.14. The van der Waals surface area contributed by atoms with Crippen LogP contribution in [0, 0.1) is 6.92 Å². The van der Waals surface area contributed by atoms with Gasteiger partial charge < -0.3 is 19.4 Å². The summed E-state index contributed by atoms with van der Waals surface area (Å²) in [6, 6.07) is 4.94. The van der Waals surface area contributed by atoms with E-state index in [-0.39, 0.29) is 24.9 Å². The number of nitrogens with zero attached hydrogens (tertiary/aromatic N) is 4. The zero-order chi connectivity index (χ0) is 23.3. The molecule has 0 aliphatic heterocycles. The van der Waals surface area contributed by atoms with Crippen molar-refractivity contribution >= 4 is 63.3 Å². The van der Waals surface area contributed by atoms with Gasteiger partial charge >= 0.3 is 5.97 Å². The van der Waals surface area contributed by atoms with E-state index in [2.05, 4.69) is 20.5 Å². The van der Waals surface area contributed by atoms with Gasteiger partial charge in [-0.25, -0.2) is 9.78 Å². The van der Waals surface area contributed by atoms with Crippen LogP contribution in [0.3, 0.4) is 0 Å². The van der Waals surface area contributed by atoms with Crippen LogP contribution in [0.5, 0.6) is 5.75 Å². The highest BCUT2D eigenvalue weighted by molar-refractivity contribution is 7.99. The number of ether oxygens (including phenoxy) is 2. The van der Waals surface area contributed by atoms with Crippen molar-refractivity contribution in [2.75, 3.05) is 17.7 Å². The van der Waals surface area contributed by atoms with Gasteiger partial charge in [-0.15, -0.1) is 10.2 Å². The van der Waals surface area contributed by atoms with Crippen molar-refractivity contribution in [3.8, 4) is 5.75 Å². The van der Waals surface area contributed by atoms with E-state index in [0.717, 1.165) is 11.3 Å². The summed E-state index contributed by atoms with van der Waals surface area (Å²) in [7, 11) is 1.77. The number of hydrogen-bond donors (Lipinski definition) is 1. The van der Waals surface area contributed by atoms with E-state index in [1.807, 2.05) is 0 Å². The monoisotopic (exact) mass is 515 g/mol. The van der Waals surface area contributed by atoms with Gasteiger partial charge in [-0.1, -0.05) is 46.3 Å². The maximum absolute atomic E-state index is 12.3. The van der Waals surface area contributed by atoms with Gasteiger partial charge in [0.05, 0.1) is 23.1 Å². The molecule has 0 radical (unpaired) electrons. The van der Waals surface area contributed by atoms with Crippen molar-refractivity contribution in [2.24, 2.45) is 7.05 Å². The van der Waals surface area contributed by atoms with Crippen LogP contribution in [-0.2, 0) is 23.2 Å². The lowest BCUT2D eigenvalue weighted by molar-refractivity contribution is -0.113. The van der Waals surface area contributed by atoms with E-state index < -0.39 is 5.97 Å². The molecule has 3 aromatic rings. The molecule has 0 fully saturated rings. The number of amides is 1. The first kappa shape index (κ1) is 24.3. The summed E-state index contributed by atoms with van der Waals surface area (Å²) in [6.45, 7) is 3.81. The molecule has 0 saturated heterocycles. The number of anilines is 1. The molecule has 0 unspecified atom stereocenters. The molecule has 0 spiro atoms. The number of thiazole rings is 1. The standard InChI is InChI=1S/C19H19Cl2N5O4S2/c1-4-29-17(28)16-10(2)22-18(32-16)23-15(27)9-31-19-25-24-14(26(19)3)8-30-13-7-11(20)5-6-12(13)21/h5-7H,4,8-9H2,1-3H3,(H,22,23,27). The number of esters is 1. The number of rotatable bonds is 9. The Bertz CT molecular complexity index is 1140. The minimum atomic E-state index is -0.453. The molecule has 0 saturated carbocycles. The molecule has 0 atom stereocenters. The Kier molecular flexibility index (Phi) is 8.35. The van der Waals surface area contributed by atoms with E-state index in [9.17, 15) is 9.59 Å². The average molecular weight is 516 g/mol. The fourth-order valence-corrected chi connectivity index (χ4v) is 4.39. The van der Waals surface area contributed by atoms with Gasteiger partial charge in [0.2, 0.25) is 5.91 Å². The summed E-state index contributed by atoms with van der Waals surface area (Å²) >= 11 is 14.3. The van der Waals surface area contributed by atoms with Gasteiger partial charge in [-0.2, -0.15) is 0 Å². The van der Waals surface area contributed by atoms with Gasteiger partial charge in [-0.05, 0) is 26.0 Å². The Morgan fingerprint density at radius 2 is 2.06 bits per heavy atom. The quantitative estimate of drug-likeness (QED) is 0.330. The number of aromatic nitrogens is 4. The highest BCUT2D eigenvalue weighted by Gasteiger charge is 2.18. The molecule has 170 valence electrons. The Labute approximate surface area is 202 Å². The van der Waals surface area contributed by atoms with Crippen LogP contribution in [0.1, 0.15) is 28.1 Å². The molecule has 1 N–H and O–H groups in total. The normalized spacial score (nSPS) is 10.8. The number of carbonyl (C=O) groups is 2. The Morgan fingerprint density at radius 3 is 2.81 bits per heavy atom. The average Bonchev–Trinajstić information content (AvgIpc) is 3.29. The summed E-state index contributed by atoms with van der Waals surface area (Å²) in [4.78, 5) is 28.8. The van der Waals surface area contributed by atoms with Crippen molar-refractivity contribution in [1.29, 1.82) is 0 Å². The van der Waals surface area contributed by atoms with E-state index >= 15 is 0 Å². The molecular weight excluding hydrogens is 497 g/mol. The van der Waals surface area contributed by atoms with Crippen molar-refractivity contribution in [2.45, 2.75) is 25.6 Å². The van der Waals surface area contributed by atoms with Crippen molar-refractivity contribution in [1.82, 2.24) is 19.7 Å². The van der Waals surface area contributed by atoms with Crippen LogP contribution in [0.25, 0.3) is 0 Å². The number of benzene rings is 1. The third-order valence-electron chi connectivity index (χ3n) is 4.01. The number of hydrogen-bond acceptors (Lipinski definition) is 9. The predicted octanol–water partition coefficient (Wildman–Crippen LogP) is 4.37. The SMILES string of the molecule is CCOC(=O)c1sc(NC(=O)CSc2nnc(COc3cc(Cl)ccc3Cl)n2C)nc1C. The molecule has 13 heteroatoms. The van der Waals surface area contributed by atoms with Crippen LogP contribution in [0.4, 0.5) is 5.13 Å². The Balaban J connectivity index is 1.54. The highest BCUT2D eigenvalue weighted by Crippen LogP contribution is 2.28. The molecule has 0 aliphatic rings. The molecule has 1 aromatic carbocycles. The van der Waals surface area contributed by atoms with Crippen LogP contribution in [0.2, 0.25) is 10.0 Å². The van der Waals surface area contributed by atoms with Gasteiger partial charge in [-0.3, -0.25) is 4.79 Å². The van der Waals surface area contributed by atoms with Crippen LogP contribution in [-0.4, -0.2) is 44.0 Å². The minimum absolute atomic E-state index is 0.0837. The van der Waals surface area contributed by atoms with Crippen molar-refractivity contribution in [3.63, 3.8) is 0 Å². The zero-order valence-corrected chi connectivity index (χ0v) is 20.5. The second-order valence-corrected chi connectivity index (χ2v) is 9.10. The molecule has 9 nitrogen and oxygen atoms in total. The lowest BCUT2D eigenvalue weighted by atomic mass is 10.3. The van der Waals surface area contributed by atoms with Gasteiger partial charge in [0.25, 0.3) is 0 Å².